The van der Waals surface area contributed by atoms with Crippen LogP contribution in [0.15, 0.2) is 24.3 Å². The molecule has 1 atom stereocenters. The molecular weight excluding hydrogens is 317 g/mol. The van der Waals surface area contributed by atoms with Gasteiger partial charge in [0.1, 0.15) is 0 Å². The van der Waals surface area contributed by atoms with Crippen LogP contribution in [-0.4, -0.2) is 35.9 Å². The zero-order valence-electron chi connectivity index (χ0n) is 12.5. The fourth-order valence-corrected chi connectivity index (χ4v) is 1.62. The van der Waals surface area contributed by atoms with Crippen molar-refractivity contribution < 1.29 is 32.6 Å². The molecule has 0 radical (unpaired) electrons. The number of halogens is 3. The summed E-state index contributed by atoms with van der Waals surface area (Å²) in [7, 11) is 0. The highest BCUT2D eigenvalue weighted by Gasteiger charge is 2.34. The number of amides is 2. The second-order valence-corrected chi connectivity index (χ2v) is 4.85. The number of rotatable bonds is 5. The number of hydrogen-bond donors (Lipinski definition) is 3. The molecule has 128 valence electrons. The van der Waals surface area contributed by atoms with Crippen molar-refractivity contribution in [3.8, 4) is 0 Å². The number of alkyl halides is 3. The first-order chi connectivity index (χ1) is 10.6. The van der Waals surface area contributed by atoms with Gasteiger partial charge in [0.25, 0.3) is 0 Å². The Labute approximate surface area is 130 Å². The average molecular weight is 334 g/mol. The van der Waals surface area contributed by atoms with Crippen LogP contribution in [0.2, 0.25) is 0 Å². The van der Waals surface area contributed by atoms with E-state index in [-0.39, 0.29) is 6.61 Å². The van der Waals surface area contributed by atoms with E-state index in [4.69, 9.17) is 0 Å². The van der Waals surface area contributed by atoms with Crippen LogP contribution in [0.25, 0.3) is 0 Å². The van der Waals surface area contributed by atoms with Crippen LogP contribution in [-0.2, 0) is 15.7 Å². The van der Waals surface area contributed by atoms with Crippen LogP contribution in [0, 0.1) is 0 Å². The van der Waals surface area contributed by atoms with Crippen molar-refractivity contribution in [3.63, 3.8) is 0 Å². The largest absolute Gasteiger partial charge is 0.464 e. The van der Waals surface area contributed by atoms with E-state index in [2.05, 4.69) is 10.1 Å². The lowest BCUT2D eigenvalue weighted by atomic mass is 10.1. The number of nitrogens with one attached hydrogen (secondary N) is 2. The highest BCUT2D eigenvalue weighted by Crippen LogP contribution is 2.34. The molecule has 1 aromatic carbocycles. The van der Waals surface area contributed by atoms with Crippen molar-refractivity contribution in [1.82, 2.24) is 5.32 Å². The second-order valence-electron chi connectivity index (χ2n) is 4.85. The summed E-state index contributed by atoms with van der Waals surface area (Å²) in [6, 6.07) is 3.44. The molecule has 0 bridgehead atoms. The van der Waals surface area contributed by atoms with Gasteiger partial charge in [-0.25, -0.2) is 9.59 Å². The smallest absolute Gasteiger partial charge is 0.418 e. The van der Waals surface area contributed by atoms with Gasteiger partial charge in [-0.3, -0.25) is 0 Å². The fourth-order valence-electron chi connectivity index (χ4n) is 1.62. The third kappa shape index (κ3) is 5.44. The van der Waals surface area contributed by atoms with E-state index < -0.39 is 41.6 Å². The van der Waals surface area contributed by atoms with Crippen LogP contribution in [0.4, 0.5) is 23.7 Å². The minimum atomic E-state index is -4.62. The molecule has 9 heteroatoms. The summed E-state index contributed by atoms with van der Waals surface area (Å²) >= 11 is 0. The van der Waals surface area contributed by atoms with E-state index in [1.54, 1.807) is 6.92 Å². The quantitative estimate of drug-likeness (QED) is 0.720. The molecule has 0 aliphatic carbocycles. The summed E-state index contributed by atoms with van der Waals surface area (Å²) < 4.78 is 43.0. The zero-order chi connectivity index (χ0) is 17.7. The number of carbonyl (C=O) groups is 2. The van der Waals surface area contributed by atoms with Crippen LogP contribution in [0.1, 0.15) is 19.4 Å². The van der Waals surface area contributed by atoms with Crippen LogP contribution in [0.5, 0.6) is 0 Å². The van der Waals surface area contributed by atoms with Crippen molar-refractivity contribution in [3.05, 3.63) is 29.8 Å². The van der Waals surface area contributed by atoms with Crippen molar-refractivity contribution in [1.29, 1.82) is 0 Å². The SMILES string of the molecule is CCOC(=O)C(C)(O)CNC(=O)Nc1ccccc1C(F)(F)F. The molecule has 0 fully saturated rings. The Morgan fingerprint density at radius 1 is 1.26 bits per heavy atom. The first-order valence-electron chi connectivity index (χ1n) is 6.68. The van der Waals surface area contributed by atoms with Crippen LogP contribution < -0.4 is 10.6 Å². The number of esters is 1. The highest BCUT2D eigenvalue weighted by molar-refractivity contribution is 5.91. The third-order valence-electron chi connectivity index (χ3n) is 2.79. The number of carbonyl (C=O) groups excluding carboxylic acids is 2. The maximum atomic E-state index is 12.8. The molecule has 0 spiro atoms. The van der Waals surface area contributed by atoms with Gasteiger partial charge in [-0.1, -0.05) is 12.1 Å². The molecule has 2 amide bonds. The Bertz CT molecular complexity index is 573. The van der Waals surface area contributed by atoms with Gasteiger partial charge in [0.05, 0.1) is 24.4 Å². The van der Waals surface area contributed by atoms with Gasteiger partial charge in [-0.15, -0.1) is 0 Å². The van der Waals surface area contributed by atoms with E-state index in [0.717, 1.165) is 19.1 Å². The summed E-state index contributed by atoms with van der Waals surface area (Å²) in [5, 5.41) is 14.0. The maximum Gasteiger partial charge on any atom is 0.418 e. The Morgan fingerprint density at radius 2 is 1.87 bits per heavy atom. The fraction of sp³-hybridized carbons (Fsp3) is 0.429. The van der Waals surface area contributed by atoms with Gasteiger partial charge >= 0.3 is 18.2 Å². The van der Waals surface area contributed by atoms with Gasteiger partial charge in [-0.05, 0) is 26.0 Å². The summed E-state index contributed by atoms with van der Waals surface area (Å²) in [5.74, 6) is -0.948. The van der Waals surface area contributed by atoms with E-state index in [9.17, 15) is 27.9 Å². The summed E-state index contributed by atoms with van der Waals surface area (Å²) in [4.78, 5) is 23.1. The molecule has 0 heterocycles. The number of urea groups is 1. The third-order valence-corrected chi connectivity index (χ3v) is 2.79. The number of benzene rings is 1. The molecule has 1 aromatic rings. The lowest BCUT2D eigenvalue weighted by molar-refractivity contribution is -0.162. The predicted molar refractivity (Wildman–Crippen MR) is 75.7 cm³/mol. The Morgan fingerprint density at radius 3 is 2.43 bits per heavy atom. The van der Waals surface area contributed by atoms with Crippen molar-refractivity contribution in [2.75, 3.05) is 18.5 Å². The van der Waals surface area contributed by atoms with Crippen LogP contribution >= 0.6 is 0 Å². The Balaban J connectivity index is 2.70. The summed E-state index contributed by atoms with van der Waals surface area (Å²) in [5.41, 5.74) is -3.43. The molecule has 1 rings (SSSR count). The molecule has 0 aliphatic heterocycles. The molecule has 0 aliphatic rings. The van der Waals surface area contributed by atoms with E-state index >= 15 is 0 Å². The molecule has 0 saturated heterocycles. The highest BCUT2D eigenvalue weighted by atomic mass is 19.4. The van der Waals surface area contributed by atoms with Gasteiger partial charge in [0.2, 0.25) is 0 Å². The van der Waals surface area contributed by atoms with E-state index in [1.807, 2.05) is 5.32 Å². The predicted octanol–water partition coefficient (Wildman–Crippen LogP) is 2.14. The topological polar surface area (TPSA) is 87.7 Å². The molecule has 0 aromatic heterocycles. The van der Waals surface area contributed by atoms with Crippen LogP contribution in [0.3, 0.4) is 0 Å². The zero-order valence-corrected chi connectivity index (χ0v) is 12.5. The van der Waals surface area contributed by atoms with Gasteiger partial charge in [0, 0.05) is 0 Å². The number of aliphatic hydroxyl groups is 1. The molecule has 0 saturated carbocycles. The first-order valence-corrected chi connectivity index (χ1v) is 6.68. The van der Waals surface area contributed by atoms with Gasteiger partial charge in [0.15, 0.2) is 5.60 Å². The number of para-hydroxylation sites is 1. The number of hydrogen-bond acceptors (Lipinski definition) is 4. The molecule has 6 nitrogen and oxygen atoms in total. The van der Waals surface area contributed by atoms with E-state index in [0.29, 0.717) is 0 Å². The van der Waals surface area contributed by atoms with E-state index in [1.165, 1.54) is 12.1 Å². The number of anilines is 1. The monoisotopic (exact) mass is 334 g/mol. The van der Waals surface area contributed by atoms with Gasteiger partial charge in [-0.2, -0.15) is 13.2 Å². The lowest BCUT2D eigenvalue weighted by Gasteiger charge is -2.21. The normalized spacial score (nSPS) is 13.8. The number of ether oxygens (including phenoxy) is 1. The molecule has 3 N–H and O–H groups in total. The van der Waals surface area contributed by atoms with Crippen molar-refractivity contribution in [2.24, 2.45) is 0 Å². The average Bonchev–Trinajstić information content (AvgIpc) is 2.45. The standard InChI is InChI=1S/C14H17F3N2O4/c1-3-23-11(20)13(2,22)8-18-12(21)19-10-7-5-4-6-9(10)14(15,16)17/h4-7,22H,3,8H2,1-2H3,(H2,18,19,21). The minimum Gasteiger partial charge on any atom is -0.464 e. The minimum absolute atomic E-state index is 0.0418. The summed E-state index contributed by atoms with van der Waals surface area (Å²) in [6.45, 7) is 2.18. The maximum absolute atomic E-state index is 12.8. The Kier molecular flexibility index (Phi) is 5.97. The molecule has 1 unspecified atom stereocenters. The molecule has 23 heavy (non-hydrogen) atoms. The first kappa shape index (κ1) is 18.8. The van der Waals surface area contributed by atoms with Crippen molar-refractivity contribution in [2.45, 2.75) is 25.6 Å². The Hall–Kier alpha value is -2.29. The van der Waals surface area contributed by atoms with Crippen molar-refractivity contribution >= 4 is 17.7 Å². The van der Waals surface area contributed by atoms with Gasteiger partial charge < -0.3 is 20.5 Å². The molecular formula is C14H17F3N2O4. The summed E-state index contributed by atoms with van der Waals surface area (Å²) in [6.07, 6.45) is -4.62. The second kappa shape index (κ2) is 7.32. The lowest BCUT2D eigenvalue weighted by Crippen LogP contribution is -2.48.